The highest BCUT2D eigenvalue weighted by atomic mass is 32.1. The van der Waals surface area contributed by atoms with Gasteiger partial charge in [-0.15, -0.1) is 11.3 Å². The Morgan fingerprint density at radius 3 is 2.90 bits per heavy atom. The summed E-state index contributed by atoms with van der Waals surface area (Å²) in [6.45, 7) is 2.21. The molecule has 0 unspecified atom stereocenters. The monoisotopic (exact) mass is 288 g/mol. The zero-order valence-corrected chi connectivity index (χ0v) is 12.4. The van der Waals surface area contributed by atoms with Gasteiger partial charge in [0.2, 0.25) is 0 Å². The molecule has 0 aromatic carbocycles. The van der Waals surface area contributed by atoms with Crippen molar-refractivity contribution in [3.63, 3.8) is 0 Å². The molecule has 106 valence electrons. The van der Waals surface area contributed by atoms with Gasteiger partial charge in [-0.2, -0.15) is 0 Å². The van der Waals surface area contributed by atoms with Crippen LogP contribution in [0.3, 0.4) is 0 Å². The summed E-state index contributed by atoms with van der Waals surface area (Å²) in [5.74, 6) is 1.07. The van der Waals surface area contributed by atoms with Crippen molar-refractivity contribution >= 4 is 27.4 Å². The van der Waals surface area contributed by atoms with Crippen LogP contribution in [0, 0.1) is 0 Å². The molecule has 3 heterocycles. The number of rotatable bonds is 2. The lowest BCUT2D eigenvalue weighted by Gasteiger charge is -2.24. The van der Waals surface area contributed by atoms with Crippen LogP contribution in [0.4, 0.5) is 5.82 Å². The van der Waals surface area contributed by atoms with E-state index < -0.39 is 0 Å². The molecule has 0 saturated carbocycles. The Morgan fingerprint density at radius 1 is 1.15 bits per heavy atom. The lowest BCUT2D eigenvalue weighted by molar-refractivity contribution is 0.478. The summed E-state index contributed by atoms with van der Waals surface area (Å²) in [4.78, 5) is 11.8. The van der Waals surface area contributed by atoms with E-state index in [-0.39, 0.29) is 0 Å². The molecule has 2 N–H and O–H groups in total. The van der Waals surface area contributed by atoms with E-state index in [0.717, 1.165) is 18.9 Å². The predicted octanol–water partition coefficient (Wildman–Crippen LogP) is 2.73. The summed E-state index contributed by atoms with van der Waals surface area (Å²) >= 11 is 1.87. The Morgan fingerprint density at radius 2 is 2.00 bits per heavy atom. The zero-order valence-electron chi connectivity index (χ0n) is 11.6. The summed E-state index contributed by atoms with van der Waals surface area (Å²) in [5.41, 5.74) is 1.52. The number of nitrogens with one attached hydrogen (secondary N) is 2. The smallest absolute Gasteiger partial charge is 0.138 e. The molecule has 2 aromatic heterocycles. The van der Waals surface area contributed by atoms with E-state index in [1.54, 1.807) is 11.2 Å². The van der Waals surface area contributed by atoms with Crippen LogP contribution >= 0.6 is 11.3 Å². The molecule has 0 spiro atoms. The maximum Gasteiger partial charge on any atom is 0.138 e. The fourth-order valence-corrected chi connectivity index (χ4v) is 4.59. The highest BCUT2D eigenvalue weighted by molar-refractivity contribution is 7.19. The quantitative estimate of drug-likeness (QED) is 0.892. The summed E-state index contributed by atoms with van der Waals surface area (Å²) in [6, 6.07) is 0.550. The van der Waals surface area contributed by atoms with Crippen LogP contribution in [0.5, 0.6) is 0 Å². The van der Waals surface area contributed by atoms with Crippen molar-refractivity contribution in [1.29, 1.82) is 0 Å². The van der Waals surface area contributed by atoms with Crippen molar-refractivity contribution in [1.82, 2.24) is 15.3 Å². The van der Waals surface area contributed by atoms with E-state index >= 15 is 0 Å². The Kier molecular flexibility index (Phi) is 3.32. The van der Waals surface area contributed by atoms with Gasteiger partial charge >= 0.3 is 0 Å². The molecular formula is C15H20N4S. The molecule has 1 aliphatic heterocycles. The van der Waals surface area contributed by atoms with E-state index in [1.165, 1.54) is 54.3 Å². The van der Waals surface area contributed by atoms with Gasteiger partial charge in [0.25, 0.3) is 0 Å². The van der Waals surface area contributed by atoms with E-state index in [9.17, 15) is 0 Å². The van der Waals surface area contributed by atoms with Gasteiger partial charge < -0.3 is 10.6 Å². The summed E-state index contributed by atoms with van der Waals surface area (Å²) < 4.78 is 0. The Hall–Kier alpha value is -1.20. The van der Waals surface area contributed by atoms with E-state index in [2.05, 4.69) is 20.6 Å². The summed E-state index contributed by atoms with van der Waals surface area (Å²) in [5, 5.41) is 8.40. The van der Waals surface area contributed by atoms with E-state index in [1.807, 2.05) is 11.3 Å². The first-order valence-electron chi connectivity index (χ1n) is 7.64. The maximum absolute atomic E-state index is 4.55. The van der Waals surface area contributed by atoms with E-state index in [0.29, 0.717) is 6.04 Å². The fourth-order valence-electron chi connectivity index (χ4n) is 3.36. The third-order valence-electron chi connectivity index (χ3n) is 4.43. The standard InChI is InChI=1S/C15H20N4S/c1-2-4-12-11(3-1)13-14(17-9-18-15(13)20-12)19-10-5-7-16-8-6-10/h9-10,16H,1-8H2,(H,17,18,19). The molecule has 2 aromatic rings. The van der Waals surface area contributed by atoms with Crippen molar-refractivity contribution in [2.24, 2.45) is 0 Å². The number of hydrogen-bond acceptors (Lipinski definition) is 5. The van der Waals surface area contributed by atoms with Gasteiger partial charge in [0, 0.05) is 10.9 Å². The molecule has 5 heteroatoms. The number of aryl methyl sites for hydroxylation is 2. The molecule has 0 amide bonds. The van der Waals surface area contributed by atoms with Crippen molar-refractivity contribution in [2.75, 3.05) is 18.4 Å². The lowest BCUT2D eigenvalue weighted by Crippen LogP contribution is -2.35. The number of thiophene rings is 1. The molecule has 4 nitrogen and oxygen atoms in total. The van der Waals surface area contributed by atoms with Crippen LogP contribution in [0.25, 0.3) is 10.2 Å². The molecule has 20 heavy (non-hydrogen) atoms. The maximum atomic E-state index is 4.55. The predicted molar refractivity (Wildman–Crippen MR) is 83.6 cm³/mol. The zero-order chi connectivity index (χ0) is 13.4. The minimum absolute atomic E-state index is 0.550. The Bertz CT molecular complexity index is 616. The highest BCUT2D eigenvalue weighted by Crippen LogP contribution is 2.38. The number of nitrogens with zero attached hydrogens (tertiary/aromatic N) is 2. The second-order valence-electron chi connectivity index (χ2n) is 5.78. The molecule has 0 radical (unpaired) electrons. The third kappa shape index (κ3) is 2.19. The van der Waals surface area contributed by atoms with Crippen LogP contribution in [-0.2, 0) is 12.8 Å². The number of fused-ring (bicyclic) bond motifs is 3. The van der Waals surface area contributed by atoms with Gasteiger partial charge in [-0.1, -0.05) is 0 Å². The minimum atomic E-state index is 0.550. The first kappa shape index (κ1) is 12.5. The summed E-state index contributed by atoms with van der Waals surface area (Å²) in [7, 11) is 0. The van der Waals surface area contributed by atoms with Gasteiger partial charge in [0.1, 0.15) is 17.0 Å². The van der Waals surface area contributed by atoms with Gasteiger partial charge in [0.15, 0.2) is 0 Å². The molecule has 1 fully saturated rings. The lowest BCUT2D eigenvalue weighted by atomic mass is 9.97. The van der Waals surface area contributed by atoms with Crippen LogP contribution in [0.15, 0.2) is 6.33 Å². The number of anilines is 1. The van der Waals surface area contributed by atoms with Crippen LogP contribution in [-0.4, -0.2) is 29.1 Å². The average Bonchev–Trinajstić information content (AvgIpc) is 2.88. The van der Waals surface area contributed by atoms with Crippen LogP contribution < -0.4 is 10.6 Å². The van der Waals surface area contributed by atoms with Crippen molar-refractivity contribution < 1.29 is 0 Å². The number of piperidine rings is 1. The van der Waals surface area contributed by atoms with E-state index in [4.69, 9.17) is 0 Å². The SMILES string of the molecule is c1nc(NC2CCNCC2)c2c3c(sc2n1)CCCC3. The van der Waals surface area contributed by atoms with Gasteiger partial charge in [0.05, 0.1) is 5.39 Å². The van der Waals surface area contributed by atoms with Crippen LogP contribution in [0.1, 0.15) is 36.1 Å². The molecule has 1 saturated heterocycles. The normalized spacial score (nSPS) is 20.0. The van der Waals surface area contributed by atoms with Crippen molar-refractivity contribution in [3.05, 3.63) is 16.8 Å². The first-order chi connectivity index (χ1) is 9.92. The van der Waals surface area contributed by atoms with Crippen molar-refractivity contribution in [2.45, 2.75) is 44.6 Å². The largest absolute Gasteiger partial charge is 0.367 e. The first-order valence-corrected chi connectivity index (χ1v) is 8.46. The molecule has 4 rings (SSSR count). The van der Waals surface area contributed by atoms with Gasteiger partial charge in [-0.3, -0.25) is 0 Å². The third-order valence-corrected chi connectivity index (χ3v) is 5.63. The van der Waals surface area contributed by atoms with Crippen molar-refractivity contribution in [3.8, 4) is 0 Å². The van der Waals surface area contributed by atoms with Crippen LogP contribution in [0.2, 0.25) is 0 Å². The summed E-state index contributed by atoms with van der Waals surface area (Å²) in [6.07, 6.45) is 9.13. The molecular weight excluding hydrogens is 268 g/mol. The highest BCUT2D eigenvalue weighted by Gasteiger charge is 2.21. The van der Waals surface area contributed by atoms with Gasteiger partial charge in [-0.05, 0) is 57.2 Å². The van der Waals surface area contributed by atoms with Gasteiger partial charge in [-0.25, -0.2) is 9.97 Å². The number of aromatic nitrogens is 2. The Balaban J connectivity index is 1.72. The molecule has 2 aliphatic rings. The molecule has 0 bridgehead atoms. The Labute approximate surface area is 123 Å². The fraction of sp³-hybridized carbons (Fsp3) is 0.600. The minimum Gasteiger partial charge on any atom is -0.367 e. The second kappa shape index (κ2) is 5.30. The molecule has 1 aliphatic carbocycles. The molecule has 0 atom stereocenters. The topological polar surface area (TPSA) is 49.8 Å². The average molecular weight is 288 g/mol. The second-order valence-corrected chi connectivity index (χ2v) is 6.87. The number of hydrogen-bond donors (Lipinski definition) is 2.